The fraction of sp³-hybridized carbons (Fsp3) is 0.481. The molecular formula is C27H36FN3O4S. The number of hydrogen-bond acceptors (Lipinski definition) is 4. The van der Waals surface area contributed by atoms with Crippen molar-refractivity contribution >= 4 is 21.8 Å². The molecule has 1 aliphatic carbocycles. The van der Waals surface area contributed by atoms with Crippen molar-refractivity contribution in [2.24, 2.45) is 0 Å². The number of amides is 2. The first-order chi connectivity index (χ1) is 17.2. The quantitative estimate of drug-likeness (QED) is 0.486. The van der Waals surface area contributed by atoms with Gasteiger partial charge in [-0.15, -0.1) is 0 Å². The van der Waals surface area contributed by atoms with Gasteiger partial charge >= 0.3 is 0 Å². The standard InChI is InChI=1S/C27H36FN3O4S/c1-21(27(33)29-23-13-5-3-6-14-23)31(20-22-12-9-10-17-25(22)28)26(32)18-11-19-30(2)36(34,35)24-15-7-4-8-16-24/h4,7-10,12,15-17,21,23H,3,5-6,11,13-14,18-20H2,1-2H3,(H,29,33)/t21-/m0/s1. The lowest BCUT2D eigenvalue weighted by Crippen LogP contribution is -2.50. The van der Waals surface area contributed by atoms with Crippen LogP contribution >= 0.6 is 0 Å². The Morgan fingerprint density at radius 3 is 2.33 bits per heavy atom. The van der Waals surface area contributed by atoms with Gasteiger partial charge in [0, 0.05) is 38.2 Å². The molecular weight excluding hydrogens is 481 g/mol. The number of nitrogens with zero attached hydrogens (tertiary/aromatic N) is 2. The molecule has 1 saturated carbocycles. The molecule has 196 valence electrons. The van der Waals surface area contributed by atoms with Gasteiger partial charge in [-0.3, -0.25) is 9.59 Å². The van der Waals surface area contributed by atoms with E-state index >= 15 is 0 Å². The number of rotatable bonds is 11. The van der Waals surface area contributed by atoms with Crippen LogP contribution in [0.1, 0.15) is 57.4 Å². The molecule has 0 aromatic heterocycles. The summed E-state index contributed by atoms with van der Waals surface area (Å²) in [6.07, 6.45) is 5.43. The average molecular weight is 518 g/mol. The van der Waals surface area contributed by atoms with Gasteiger partial charge in [0.05, 0.1) is 4.90 Å². The van der Waals surface area contributed by atoms with Crippen LogP contribution in [0.15, 0.2) is 59.5 Å². The highest BCUT2D eigenvalue weighted by atomic mass is 32.2. The molecule has 3 rings (SSSR count). The van der Waals surface area contributed by atoms with Crippen molar-refractivity contribution in [2.75, 3.05) is 13.6 Å². The molecule has 0 saturated heterocycles. The van der Waals surface area contributed by atoms with Gasteiger partial charge in [-0.25, -0.2) is 17.1 Å². The second-order valence-electron chi connectivity index (χ2n) is 9.38. The first-order valence-corrected chi connectivity index (χ1v) is 14.0. The van der Waals surface area contributed by atoms with E-state index in [1.807, 2.05) is 0 Å². The lowest BCUT2D eigenvalue weighted by Gasteiger charge is -2.31. The number of carbonyl (C=O) groups excluding carboxylic acids is 2. The average Bonchev–Trinajstić information content (AvgIpc) is 2.88. The van der Waals surface area contributed by atoms with E-state index in [9.17, 15) is 22.4 Å². The third-order valence-corrected chi connectivity index (χ3v) is 8.60. The molecule has 2 aromatic carbocycles. The van der Waals surface area contributed by atoms with E-state index in [4.69, 9.17) is 0 Å². The van der Waals surface area contributed by atoms with Crippen molar-refractivity contribution in [1.29, 1.82) is 0 Å². The smallest absolute Gasteiger partial charge is 0.242 e. The van der Waals surface area contributed by atoms with Crippen LogP contribution in [0.2, 0.25) is 0 Å². The summed E-state index contributed by atoms with van der Waals surface area (Å²) in [6, 6.07) is 13.6. The van der Waals surface area contributed by atoms with Crippen LogP contribution < -0.4 is 5.32 Å². The van der Waals surface area contributed by atoms with Gasteiger partial charge in [0.1, 0.15) is 11.9 Å². The largest absolute Gasteiger partial charge is 0.352 e. The van der Waals surface area contributed by atoms with Crippen molar-refractivity contribution in [3.8, 4) is 0 Å². The third kappa shape index (κ3) is 7.36. The first-order valence-electron chi connectivity index (χ1n) is 12.5. The van der Waals surface area contributed by atoms with Crippen LogP contribution in [-0.2, 0) is 26.2 Å². The van der Waals surface area contributed by atoms with E-state index in [0.717, 1.165) is 32.1 Å². The lowest BCUT2D eigenvalue weighted by molar-refractivity contribution is -0.141. The first kappa shape index (κ1) is 27.8. The summed E-state index contributed by atoms with van der Waals surface area (Å²) in [5.41, 5.74) is 0.326. The topological polar surface area (TPSA) is 86.8 Å². The minimum atomic E-state index is -3.66. The lowest BCUT2D eigenvalue weighted by atomic mass is 9.95. The highest BCUT2D eigenvalue weighted by Gasteiger charge is 2.29. The molecule has 1 atom stereocenters. The molecule has 7 nitrogen and oxygen atoms in total. The number of carbonyl (C=O) groups is 2. The summed E-state index contributed by atoms with van der Waals surface area (Å²) >= 11 is 0. The summed E-state index contributed by atoms with van der Waals surface area (Å²) < 4.78 is 41.1. The van der Waals surface area contributed by atoms with Gasteiger partial charge in [0.25, 0.3) is 0 Å². The number of halogens is 1. The number of benzene rings is 2. The van der Waals surface area contributed by atoms with Crippen LogP contribution in [-0.4, -0.2) is 55.1 Å². The summed E-state index contributed by atoms with van der Waals surface area (Å²) in [6.45, 7) is 1.75. The molecule has 0 unspecified atom stereocenters. The van der Waals surface area contributed by atoms with E-state index in [2.05, 4.69) is 5.32 Å². The Labute approximate surface area is 213 Å². The zero-order valence-corrected chi connectivity index (χ0v) is 21.8. The Kier molecular flexibility index (Phi) is 10.0. The minimum Gasteiger partial charge on any atom is -0.352 e. The number of sulfonamides is 1. The van der Waals surface area contributed by atoms with Gasteiger partial charge in [-0.2, -0.15) is 0 Å². The van der Waals surface area contributed by atoms with Crippen molar-refractivity contribution in [1.82, 2.24) is 14.5 Å². The summed E-state index contributed by atoms with van der Waals surface area (Å²) in [4.78, 5) is 27.8. The second-order valence-corrected chi connectivity index (χ2v) is 11.4. The van der Waals surface area contributed by atoms with Crippen molar-refractivity contribution < 1.29 is 22.4 Å². The molecule has 0 heterocycles. The van der Waals surface area contributed by atoms with Crippen LogP contribution in [0.4, 0.5) is 4.39 Å². The van der Waals surface area contributed by atoms with Crippen LogP contribution in [0.3, 0.4) is 0 Å². The van der Waals surface area contributed by atoms with E-state index in [0.29, 0.717) is 5.56 Å². The molecule has 1 N–H and O–H groups in total. The highest BCUT2D eigenvalue weighted by molar-refractivity contribution is 7.89. The predicted octanol–water partition coefficient (Wildman–Crippen LogP) is 4.09. The SMILES string of the molecule is C[C@@H](C(=O)NC1CCCCC1)N(Cc1ccccc1F)C(=O)CCCN(C)S(=O)(=O)c1ccccc1. The maximum Gasteiger partial charge on any atom is 0.242 e. The van der Waals surface area contributed by atoms with E-state index in [1.165, 1.54) is 34.5 Å². The van der Waals surface area contributed by atoms with E-state index < -0.39 is 21.9 Å². The van der Waals surface area contributed by atoms with Gasteiger partial charge < -0.3 is 10.2 Å². The molecule has 9 heteroatoms. The maximum absolute atomic E-state index is 14.4. The Morgan fingerprint density at radius 2 is 1.67 bits per heavy atom. The van der Waals surface area contributed by atoms with E-state index in [-0.39, 0.29) is 48.7 Å². The van der Waals surface area contributed by atoms with Gasteiger partial charge in [-0.05, 0) is 44.4 Å². The van der Waals surface area contributed by atoms with Crippen molar-refractivity contribution in [3.63, 3.8) is 0 Å². The zero-order chi connectivity index (χ0) is 26.1. The third-order valence-electron chi connectivity index (χ3n) is 6.73. The fourth-order valence-electron chi connectivity index (χ4n) is 4.45. The normalized spacial score (nSPS) is 15.4. The monoisotopic (exact) mass is 517 g/mol. The van der Waals surface area contributed by atoms with Crippen LogP contribution in [0, 0.1) is 5.82 Å². The minimum absolute atomic E-state index is 0.0319. The Bertz CT molecular complexity index is 1120. The number of nitrogens with one attached hydrogen (secondary N) is 1. The molecule has 2 amide bonds. The predicted molar refractivity (Wildman–Crippen MR) is 137 cm³/mol. The molecule has 1 aliphatic rings. The van der Waals surface area contributed by atoms with Gasteiger partial charge in [-0.1, -0.05) is 55.7 Å². The molecule has 1 fully saturated rings. The summed E-state index contributed by atoms with van der Waals surface area (Å²) in [5.74, 6) is -1.02. The van der Waals surface area contributed by atoms with Crippen molar-refractivity contribution in [3.05, 3.63) is 66.0 Å². The Balaban J connectivity index is 1.66. The number of hydrogen-bond donors (Lipinski definition) is 1. The molecule has 36 heavy (non-hydrogen) atoms. The zero-order valence-electron chi connectivity index (χ0n) is 21.0. The van der Waals surface area contributed by atoms with Gasteiger partial charge in [0.2, 0.25) is 21.8 Å². The Hall–Kier alpha value is -2.78. The molecule has 0 radical (unpaired) electrons. The molecule has 0 spiro atoms. The highest BCUT2D eigenvalue weighted by Crippen LogP contribution is 2.20. The van der Waals surface area contributed by atoms with E-state index in [1.54, 1.807) is 43.3 Å². The second kappa shape index (κ2) is 13.0. The molecule has 0 bridgehead atoms. The maximum atomic E-state index is 14.4. The van der Waals surface area contributed by atoms with Gasteiger partial charge in [0.15, 0.2) is 0 Å². The van der Waals surface area contributed by atoms with Crippen molar-refractivity contribution in [2.45, 2.75) is 75.4 Å². The summed E-state index contributed by atoms with van der Waals surface area (Å²) in [7, 11) is -2.19. The van der Waals surface area contributed by atoms with Crippen LogP contribution in [0.5, 0.6) is 0 Å². The fourth-order valence-corrected chi connectivity index (χ4v) is 5.68. The Morgan fingerprint density at radius 1 is 1.03 bits per heavy atom. The molecule has 2 aromatic rings. The van der Waals surface area contributed by atoms with Crippen LogP contribution in [0.25, 0.3) is 0 Å². The summed E-state index contributed by atoms with van der Waals surface area (Å²) in [5, 5.41) is 3.05. The molecule has 0 aliphatic heterocycles.